The molecule has 0 fully saturated rings. The van der Waals surface area contributed by atoms with E-state index in [4.69, 9.17) is 9.47 Å². The Morgan fingerprint density at radius 1 is 0.870 bits per heavy atom. The Bertz CT molecular complexity index is 643. The van der Waals surface area contributed by atoms with Gasteiger partial charge in [0, 0.05) is 0 Å². The fraction of sp³-hybridized carbons (Fsp3) is 0.222. The molecule has 0 saturated heterocycles. The maximum Gasteiger partial charge on any atom is 0.416 e. The van der Waals surface area contributed by atoms with Gasteiger partial charge in [-0.3, -0.25) is 0 Å². The van der Waals surface area contributed by atoms with Crippen molar-refractivity contribution in [3.8, 4) is 17.2 Å². The number of alkyl halides is 3. The molecule has 1 unspecified atom stereocenters. The first kappa shape index (κ1) is 16.9. The second-order valence-electron chi connectivity index (χ2n) is 4.94. The van der Waals surface area contributed by atoms with E-state index < -0.39 is 11.7 Å². The van der Waals surface area contributed by atoms with Crippen LogP contribution in [-0.2, 0) is 6.18 Å². The second-order valence-corrected chi connectivity index (χ2v) is 4.94. The predicted octanol–water partition coefficient (Wildman–Crippen LogP) is 5.84. The largest absolute Gasteiger partial charge is 0.487 e. The number of hydrogen-bond acceptors (Lipinski definition) is 2. The quantitative estimate of drug-likeness (QED) is 0.644. The lowest BCUT2D eigenvalue weighted by Crippen LogP contribution is -2.07. The van der Waals surface area contributed by atoms with E-state index >= 15 is 0 Å². The summed E-state index contributed by atoms with van der Waals surface area (Å²) in [5.41, 5.74) is -0.702. The lowest BCUT2D eigenvalue weighted by atomic mass is 10.2. The number of ether oxygens (including phenoxy) is 2. The predicted molar refractivity (Wildman–Crippen MR) is 82.9 cm³/mol. The molecule has 0 aromatic heterocycles. The molecule has 0 N–H and O–H groups in total. The molecule has 0 saturated carbocycles. The third-order valence-corrected chi connectivity index (χ3v) is 3.03. The van der Waals surface area contributed by atoms with Gasteiger partial charge in [-0.15, -0.1) is 0 Å². The third kappa shape index (κ3) is 5.06. The molecule has 23 heavy (non-hydrogen) atoms. The van der Waals surface area contributed by atoms with E-state index in [0.717, 1.165) is 12.1 Å². The van der Waals surface area contributed by atoms with E-state index in [2.05, 4.69) is 0 Å². The first-order chi connectivity index (χ1) is 10.9. The van der Waals surface area contributed by atoms with E-state index in [1.807, 2.05) is 26.0 Å². The normalized spacial score (nSPS) is 13.1. The third-order valence-electron chi connectivity index (χ3n) is 3.03. The molecule has 5 heteroatoms. The van der Waals surface area contributed by atoms with Crippen molar-refractivity contribution in [3.05, 3.63) is 66.2 Å². The van der Waals surface area contributed by atoms with E-state index in [-0.39, 0.29) is 6.10 Å². The van der Waals surface area contributed by atoms with Crippen molar-refractivity contribution in [2.45, 2.75) is 26.1 Å². The summed E-state index contributed by atoms with van der Waals surface area (Å²) in [6.45, 7) is 3.84. The Kier molecular flexibility index (Phi) is 5.32. The van der Waals surface area contributed by atoms with Gasteiger partial charge in [-0.2, -0.15) is 13.2 Å². The summed E-state index contributed by atoms with van der Waals surface area (Å²) in [4.78, 5) is 0. The summed E-state index contributed by atoms with van der Waals surface area (Å²) in [6.07, 6.45) is -0.553. The van der Waals surface area contributed by atoms with Crippen LogP contribution in [0, 0.1) is 0 Å². The van der Waals surface area contributed by atoms with Gasteiger partial charge in [-0.25, -0.2) is 0 Å². The van der Waals surface area contributed by atoms with Crippen molar-refractivity contribution < 1.29 is 22.6 Å². The maximum absolute atomic E-state index is 12.5. The smallest absolute Gasteiger partial charge is 0.416 e. The molecular formula is C18H17F3O2. The first-order valence-corrected chi connectivity index (χ1v) is 7.13. The van der Waals surface area contributed by atoms with Crippen molar-refractivity contribution in [2.75, 3.05) is 0 Å². The highest BCUT2D eigenvalue weighted by molar-refractivity contribution is 5.36. The summed E-state index contributed by atoms with van der Waals surface area (Å²) < 4.78 is 48.6. The zero-order valence-electron chi connectivity index (χ0n) is 12.8. The Hall–Kier alpha value is -2.43. The van der Waals surface area contributed by atoms with Gasteiger partial charge in [-0.05, 0) is 68.5 Å². The van der Waals surface area contributed by atoms with Crippen molar-refractivity contribution in [3.63, 3.8) is 0 Å². The van der Waals surface area contributed by atoms with Crippen molar-refractivity contribution in [1.29, 1.82) is 0 Å². The standard InChI is InChI=1S/C18H17F3O2/c1-3-4-13(2)22-15-9-11-17(12-10-15)23-16-7-5-14(6-8-16)18(19,20)21/h3-13H,1-2H3/b4-3+. The molecule has 0 spiro atoms. The van der Waals surface area contributed by atoms with Crippen molar-refractivity contribution >= 4 is 0 Å². The lowest BCUT2D eigenvalue weighted by molar-refractivity contribution is -0.137. The number of benzene rings is 2. The molecule has 0 heterocycles. The SMILES string of the molecule is C/C=C/C(C)Oc1ccc(Oc2ccc(C(F)(F)F)cc2)cc1. The molecule has 2 aromatic carbocycles. The number of allylic oxidation sites excluding steroid dienone is 1. The summed E-state index contributed by atoms with van der Waals surface area (Å²) in [6, 6.07) is 11.5. The van der Waals surface area contributed by atoms with Crippen molar-refractivity contribution in [2.24, 2.45) is 0 Å². The number of hydrogen-bond donors (Lipinski definition) is 0. The highest BCUT2D eigenvalue weighted by Gasteiger charge is 2.30. The molecular weight excluding hydrogens is 305 g/mol. The zero-order valence-corrected chi connectivity index (χ0v) is 12.8. The fourth-order valence-electron chi connectivity index (χ4n) is 1.96. The van der Waals surface area contributed by atoms with Crippen LogP contribution >= 0.6 is 0 Å². The minimum Gasteiger partial charge on any atom is -0.487 e. The molecule has 2 aromatic rings. The summed E-state index contributed by atoms with van der Waals surface area (Å²) >= 11 is 0. The minimum atomic E-state index is -4.35. The van der Waals surface area contributed by atoms with Crippen LogP contribution in [0.25, 0.3) is 0 Å². The average Bonchev–Trinajstić information content (AvgIpc) is 2.49. The van der Waals surface area contributed by atoms with Gasteiger partial charge in [-0.1, -0.05) is 6.08 Å². The van der Waals surface area contributed by atoms with Gasteiger partial charge in [0.05, 0.1) is 5.56 Å². The monoisotopic (exact) mass is 322 g/mol. The Balaban J connectivity index is 2.01. The maximum atomic E-state index is 12.5. The molecule has 0 radical (unpaired) electrons. The van der Waals surface area contributed by atoms with Crippen LogP contribution in [0.2, 0.25) is 0 Å². The molecule has 0 aliphatic rings. The van der Waals surface area contributed by atoms with E-state index in [0.29, 0.717) is 17.2 Å². The molecule has 122 valence electrons. The van der Waals surface area contributed by atoms with Gasteiger partial charge in [0.15, 0.2) is 0 Å². The topological polar surface area (TPSA) is 18.5 Å². The lowest BCUT2D eigenvalue weighted by Gasteiger charge is -2.12. The second kappa shape index (κ2) is 7.22. The highest BCUT2D eigenvalue weighted by Crippen LogP contribution is 2.31. The van der Waals surface area contributed by atoms with Gasteiger partial charge < -0.3 is 9.47 Å². The molecule has 0 aliphatic heterocycles. The average molecular weight is 322 g/mol. The minimum absolute atomic E-state index is 0.0401. The molecule has 0 bridgehead atoms. The molecule has 0 aliphatic carbocycles. The van der Waals surface area contributed by atoms with Crippen LogP contribution in [0.15, 0.2) is 60.7 Å². The van der Waals surface area contributed by atoms with Crippen LogP contribution in [0.4, 0.5) is 13.2 Å². The number of halogens is 3. The Morgan fingerprint density at radius 3 is 1.83 bits per heavy atom. The van der Waals surface area contributed by atoms with Crippen LogP contribution in [0.3, 0.4) is 0 Å². The van der Waals surface area contributed by atoms with Crippen LogP contribution < -0.4 is 9.47 Å². The fourth-order valence-corrected chi connectivity index (χ4v) is 1.96. The van der Waals surface area contributed by atoms with Gasteiger partial charge in [0.1, 0.15) is 23.4 Å². The molecule has 2 nitrogen and oxygen atoms in total. The zero-order chi connectivity index (χ0) is 16.9. The van der Waals surface area contributed by atoms with E-state index in [1.54, 1.807) is 24.3 Å². The van der Waals surface area contributed by atoms with E-state index in [1.165, 1.54) is 12.1 Å². The summed E-state index contributed by atoms with van der Waals surface area (Å²) in [5.74, 6) is 1.56. The summed E-state index contributed by atoms with van der Waals surface area (Å²) in [7, 11) is 0. The molecule has 2 rings (SSSR count). The van der Waals surface area contributed by atoms with Crippen LogP contribution in [0.1, 0.15) is 19.4 Å². The summed E-state index contributed by atoms with van der Waals surface area (Å²) in [5, 5.41) is 0. The Morgan fingerprint density at radius 2 is 1.35 bits per heavy atom. The first-order valence-electron chi connectivity index (χ1n) is 7.13. The number of rotatable bonds is 5. The Labute approximate surface area is 133 Å². The van der Waals surface area contributed by atoms with Gasteiger partial charge >= 0.3 is 6.18 Å². The highest BCUT2D eigenvalue weighted by atomic mass is 19.4. The van der Waals surface area contributed by atoms with Crippen molar-refractivity contribution in [1.82, 2.24) is 0 Å². The van der Waals surface area contributed by atoms with Crippen LogP contribution in [0.5, 0.6) is 17.2 Å². The van der Waals surface area contributed by atoms with Crippen LogP contribution in [-0.4, -0.2) is 6.10 Å². The van der Waals surface area contributed by atoms with Gasteiger partial charge in [0.2, 0.25) is 0 Å². The van der Waals surface area contributed by atoms with E-state index in [9.17, 15) is 13.2 Å². The molecule has 0 amide bonds. The van der Waals surface area contributed by atoms with Gasteiger partial charge in [0.25, 0.3) is 0 Å². The molecule has 1 atom stereocenters.